The van der Waals surface area contributed by atoms with Crippen LogP contribution in [0.25, 0.3) is 0 Å². The van der Waals surface area contributed by atoms with Gasteiger partial charge in [0.15, 0.2) is 0 Å². The molecule has 1 aliphatic rings. The standard InChI is InChI=1S/C23H28ClN3O3/c1-16(2)21(26-22(28)19-5-3-4-6-20(19)24)23(29)25-18-9-7-17(8-10-18)15-27-11-13-30-14-12-27/h3-10,16,21H,11-15H2,1-2H3,(H,25,29)(H,26,28). The van der Waals surface area contributed by atoms with Crippen molar-refractivity contribution in [2.75, 3.05) is 31.6 Å². The Morgan fingerprint density at radius 3 is 2.37 bits per heavy atom. The van der Waals surface area contributed by atoms with E-state index in [2.05, 4.69) is 15.5 Å². The van der Waals surface area contributed by atoms with Crippen LogP contribution in [0, 0.1) is 5.92 Å². The van der Waals surface area contributed by atoms with Crippen molar-refractivity contribution >= 4 is 29.1 Å². The molecule has 6 nitrogen and oxygen atoms in total. The summed E-state index contributed by atoms with van der Waals surface area (Å²) in [6.45, 7) is 8.04. The topological polar surface area (TPSA) is 70.7 Å². The van der Waals surface area contributed by atoms with Gasteiger partial charge in [-0.1, -0.05) is 49.7 Å². The number of halogens is 1. The lowest BCUT2D eigenvalue weighted by molar-refractivity contribution is -0.118. The lowest BCUT2D eigenvalue weighted by atomic mass is 10.0. The number of nitrogens with zero attached hydrogens (tertiary/aromatic N) is 1. The van der Waals surface area contributed by atoms with Gasteiger partial charge in [0.2, 0.25) is 5.91 Å². The highest BCUT2D eigenvalue weighted by Gasteiger charge is 2.25. The molecule has 2 aromatic carbocycles. The zero-order valence-corrected chi connectivity index (χ0v) is 18.1. The number of hydrogen-bond donors (Lipinski definition) is 2. The van der Waals surface area contributed by atoms with E-state index in [0.29, 0.717) is 16.3 Å². The molecule has 2 N–H and O–H groups in total. The van der Waals surface area contributed by atoms with Crippen LogP contribution in [0.1, 0.15) is 29.8 Å². The van der Waals surface area contributed by atoms with Crippen LogP contribution in [0.4, 0.5) is 5.69 Å². The fraction of sp³-hybridized carbons (Fsp3) is 0.391. The Balaban J connectivity index is 1.60. The fourth-order valence-corrected chi connectivity index (χ4v) is 3.55. The number of amides is 2. The number of morpholine rings is 1. The molecular formula is C23H28ClN3O3. The first-order valence-electron chi connectivity index (χ1n) is 10.2. The second-order valence-corrected chi connectivity index (χ2v) is 8.16. The largest absolute Gasteiger partial charge is 0.379 e. The summed E-state index contributed by atoms with van der Waals surface area (Å²) in [7, 11) is 0. The Labute approximate surface area is 182 Å². The second-order valence-electron chi connectivity index (χ2n) is 7.75. The highest BCUT2D eigenvalue weighted by molar-refractivity contribution is 6.33. The molecule has 0 aromatic heterocycles. The predicted molar refractivity (Wildman–Crippen MR) is 119 cm³/mol. The lowest BCUT2D eigenvalue weighted by Gasteiger charge is -2.26. The maximum atomic E-state index is 12.8. The van der Waals surface area contributed by atoms with E-state index in [4.69, 9.17) is 16.3 Å². The van der Waals surface area contributed by atoms with Gasteiger partial charge in [0, 0.05) is 25.3 Å². The molecule has 0 bridgehead atoms. The van der Waals surface area contributed by atoms with Gasteiger partial charge in [0.1, 0.15) is 6.04 Å². The second kappa shape index (κ2) is 10.6. The summed E-state index contributed by atoms with van der Waals surface area (Å²) in [5.74, 6) is -0.710. The van der Waals surface area contributed by atoms with Gasteiger partial charge in [0.05, 0.1) is 23.8 Å². The molecule has 1 heterocycles. The normalized spacial score (nSPS) is 15.6. The number of anilines is 1. The number of carbonyl (C=O) groups excluding carboxylic acids is 2. The van der Waals surface area contributed by atoms with Crippen molar-refractivity contribution in [1.29, 1.82) is 0 Å². The zero-order valence-electron chi connectivity index (χ0n) is 17.4. The van der Waals surface area contributed by atoms with Crippen LogP contribution >= 0.6 is 11.6 Å². The maximum absolute atomic E-state index is 12.8. The predicted octanol–water partition coefficient (Wildman–Crippen LogP) is 3.57. The third kappa shape index (κ3) is 6.05. The molecule has 3 rings (SSSR count). The molecule has 2 amide bonds. The van der Waals surface area contributed by atoms with Crippen molar-refractivity contribution in [2.24, 2.45) is 5.92 Å². The van der Waals surface area contributed by atoms with Crippen LogP contribution in [0.15, 0.2) is 48.5 Å². The average molecular weight is 430 g/mol. The summed E-state index contributed by atoms with van der Waals surface area (Å²) < 4.78 is 5.38. The summed E-state index contributed by atoms with van der Waals surface area (Å²) in [5, 5.41) is 6.07. The molecular weight excluding hydrogens is 402 g/mol. The maximum Gasteiger partial charge on any atom is 0.253 e. The van der Waals surface area contributed by atoms with Crippen LogP contribution in [0.2, 0.25) is 5.02 Å². The van der Waals surface area contributed by atoms with Crippen molar-refractivity contribution in [3.05, 3.63) is 64.7 Å². The van der Waals surface area contributed by atoms with Gasteiger partial charge in [0.25, 0.3) is 5.91 Å². The van der Waals surface area contributed by atoms with Crippen LogP contribution < -0.4 is 10.6 Å². The van der Waals surface area contributed by atoms with Gasteiger partial charge in [-0.15, -0.1) is 0 Å². The quantitative estimate of drug-likeness (QED) is 0.706. The molecule has 30 heavy (non-hydrogen) atoms. The summed E-state index contributed by atoms with van der Waals surface area (Å²) in [5.41, 5.74) is 2.23. The third-order valence-corrected chi connectivity index (χ3v) is 5.42. The molecule has 160 valence electrons. The van der Waals surface area contributed by atoms with Gasteiger partial charge in [-0.05, 0) is 35.7 Å². The number of benzene rings is 2. The monoisotopic (exact) mass is 429 g/mol. The molecule has 0 aliphatic carbocycles. The number of rotatable bonds is 7. The van der Waals surface area contributed by atoms with E-state index in [0.717, 1.165) is 32.8 Å². The number of carbonyl (C=O) groups is 2. The molecule has 0 saturated carbocycles. The molecule has 1 fully saturated rings. The zero-order chi connectivity index (χ0) is 21.5. The molecule has 1 atom stereocenters. The van der Waals surface area contributed by atoms with Gasteiger partial charge < -0.3 is 15.4 Å². The van der Waals surface area contributed by atoms with E-state index >= 15 is 0 Å². The van der Waals surface area contributed by atoms with Crippen LogP contribution in [0.3, 0.4) is 0 Å². The minimum Gasteiger partial charge on any atom is -0.379 e. The van der Waals surface area contributed by atoms with E-state index in [1.165, 1.54) is 5.56 Å². The van der Waals surface area contributed by atoms with Gasteiger partial charge in [-0.2, -0.15) is 0 Å². The Morgan fingerprint density at radius 2 is 1.73 bits per heavy atom. The van der Waals surface area contributed by atoms with Crippen molar-refractivity contribution in [1.82, 2.24) is 10.2 Å². The minimum atomic E-state index is -0.679. The highest BCUT2D eigenvalue weighted by Crippen LogP contribution is 2.17. The van der Waals surface area contributed by atoms with E-state index in [9.17, 15) is 9.59 Å². The lowest BCUT2D eigenvalue weighted by Crippen LogP contribution is -2.47. The van der Waals surface area contributed by atoms with Gasteiger partial charge >= 0.3 is 0 Å². The number of hydrogen-bond acceptors (Lipinski definition) is 4. The molecule has 1 unspecified atom stereocenters. The Kier molecular flexibility index (Phi) is 7.85. The summed E-state index contributed by atoms with van der Waals surface area (Å²) in [4.78, 5) is 27.8. The molecule has 2 aromatic rings. The summed E-state index contributed by atoms with van der Waals surface area (Å²) >= 11 is 6.10. The SMILES string of the molecule is CC(C)C(NC(=O)c1ccccc1Cl)C(=O)Nc1ccc(CN2CCOCC2)cc1. The van der Waals surface area contributed by atoms with Crippen molar-refractivity contribution in [2.45, 2.75) is 26.4 Å². The molecule has 0 radical (unpaired) electrons. The Bertz CT molecular complexity index is 864. The van der Waals surface area contributed by atoms with Crippen molar-refractivity contribution in [3.63, 3.8) is 0 Å². The smallest absolute Gasteiger partial charge is 0.253 e. The summed E-state index contributed by atoms with van der Waals surface area (Å²) in [6, 6.07) is 13.9. The van der Waals surface area contributed by atoms with E-state index < -0.39 is 6.04 Å². The van der Waals surface area contributed by atoms with Crippen LogP contribution in [0.5, 0.6) is 0 Å². The van der Waals surface area contributed by atoms with E-state index in [1.54, 1.807) is 24.3 Å². The fourth-order valence-electron chi connectivity index (χ4n) is 3.33. The van der Waals surface area contributed by atoms with Crippen LogP contribution in [-0.4, -0.2) is 49.1 Å². The number of nitrogens with one attached hydrogen (secondary N) is 2. The van der Waals surface area contributed by atoms with E-state index in [-0.39, 0.29) is 17.7 Å². The molecule has 1 aliphatic heterocycles. The minimum absolute atomic E-state index is 0.0861. The molecule has 1 saturated heterocycles. The Morgan fingerprint density at radius 1 is 1.07 bits per heavy atom. The molecule has 0 spiro atoms. The van der Waals surface area contributed by atoms with E-state index in [1.807, 2.05) is 38.1 Å². The first kappa shape index (κ1) is 22.3. The first-order chi connectivity index (χ1) is 14.4. The van der Waals surface area contributed by atoms with Crippen molar-refractivity contribution < 1.29 is 14.3 Å². The molecule has 7 heteroatoms. The average Bonchev–Trinajstić information content (AvgIpc) is 2.74. The third-order valence-electron chi connectivity index (χ3n) is 5.09. The highest BCUT2D eigenvalue weighted by atomic mass is 35.5. The summed E-state index contributed by atoms with van der Waals surface area (Å²) in [6.07, 6.45) is 0. The van der Waals surface area contributed by atoms with Gasteiger partial charge in [-0.3, -0.25) is 14.5 Å². The first-order valence-corrected chi connectivity index (χ1v) is 10.6. The van der Waals surface area contributed by atoms with Crippen LogP contribution in [-0.2, 0) is 16.1 Å². The van der Waals surface area contributed by atoms with Gasteiger partial charge in [-0.25, -0.2) is 0 Å². The Hall–Kier alpha value is -2.41. The van der Waals surface area contributed by atoms with Crippen molar-refractivity contribution in [3.8, 4) is 0 Å². The number of ether oxygens (including phenoxy) is 1.